The summed E-state index contributed by atoms with van der Waals surface area (Å²) in [6.07, 6.45) is 3.09. The van der Waals surface area contributed by atoms with Gasteiger partial charge in [0, 0.05) is 24.1 Å². The van der Waals surface area contributed by atoms with E-state index >= 15 is 0 Å². The lowest BCUT2D eigenvalue weighted by molar-refractivity contribution is -0.384. The topological polar surface area (TPSA) is 111 Å². The van der Waals surface area contributed by atoms with E-state index in [1.54, 1.807) is 6.26 Å². The SMILES string of the molecule is C[C@H](CCc1ccco1)Nc1ccc(C(N)=O)cc1[N+](=O)[O-]. The van der Waals surface area contributed by atoms with Gasteiger partial charge in [-0.3, -0.25) is 14.9 Å². The predicted molar refractivity (Wildman–Crippen MR) is 81.7 cm³/mol. The molecule has 0 fully saturated rings. The van der Waals surface area contributed by atoms with E-state index in [9.17, 15) is 14.9 Å². The Morgan fingerprint density at radius 3 is 2.82 bits per heavy atom. The molecule has 2 aromatic rings. The van der Waals surface area contributed by atoms with Crippen LogP contribution in [0.4, 0.5) is 11.4 Å². The Bertz CT molecular complexity index is 667. The Morgan fingerprint density at radius 1 is 1.45 bits per heavy atom. The summed E-state index contributed by atoms with van der Waals surface area (Å²) < 4.78 is 5.25. The summed E-state index contributed by atoms with van der Waals surface area (Å²) in [7, 11) is 0. The van der Waals surface area contributed by atoms with Crippen molar-refractivity contribution in [2.75, 3.05) is 5.32 Å². The number of nitrogens with one attached hydrogen (secondary N) is 1. The number of carbonyl (C=O) groups excluding carboxylic acids is 1. The van der Waals surface area contributed by atoms with Crippen molar-refractivity contribution in [3.63, 3.8) is 0 Å². The summed E-state index contributed by atoms with van der Waals surface area (Å²) in [5.41, 5.74) is 5.45. The van der Waals surface area contributed by atoms with Crippen LogP contribution in [0.5, 0.6) is 0 Å². The van der Waals surface area contributed by atoms with E-state index in [0.29, 0.717) is 5.69 Å². The van der Waals surface area contributed by atoms with Crippen LogP contribution >= 0.6 is 0 Å². The molecule has 1 amide bonds. The van der Waals surface area contributed by atoms with Gasteiger partial charge in [-0.1, -0.05) is 0 Å². The second-order valence-electron chi connectivity index (χ2n) is 5.02. The molecule has 1 aromatic carbocycles. The number of hydrogen-bond acceptors (Lipinski definition) is 5. The lowest BCUT2D eigenvalue weighted by Crippen LogP contribution is -2.17. The summed E-state index contributed by atoms with van der Waals surface area (Å²) in [6.45, 7) is 1.93. The fraction of sp³-hybridized carbons (Fsp3) is 0.267. The summed E-state index contributed by atoms with van der Waals surface area (Å²) in [4.78, 5) is 21.7. The molecule has 1 atom stereocenters. The molecule has 0 aliphatic carbocycles. The summed E-state index contributed by atoms with van der Waals surface area (Å²) >= 11 is 0. The maximum Gasteiger partial charge on any atom is 0.293 e. The van der Waals surface area contributed by atoms with Crippen molar-refractivity contribution in [3.8, 4) is 0 Å². The molecule has 0 radical (unpaired) electrons. The second-order valence-corrected chi connectivity index (χ2v) is 5.02. The monoisotopic (exact) mass is 303 g/mol. The number of anilines is 1. The molecule has 0 saturated heterocycles. The third-order valence-electron chi connectivity index (χ3n) is 3.28. The first-order valence-electron chi connectivity index (χ1n) is 6.84. The maximum absolute atomic E-state index is 11.1. The van der Waals surface area contributed by atoms with Gasteiger partial charge in [0.2, 0.25) is 5.91 Å². The highest BCUT2D eigenvalue weighted by Gasteiger charge is 2.18. The molecule has 0 spiro atoms. The lowest BCUT2D eigenvalue weighted by Gasteiger charge is -2.15. The van der Waals surface area contributed by atoms with Crippen LogP contribution in [0.1, 0.15) is 29.5 Å². The number of furan rings is 1. The number of primary amides is 1. The van der Waals surface area contributed by atoms with E-state index in [1.165, 1.54) is 18.2 Å². The molecule has 22 heavy (non-hydrogen) atoms. The first-order chi connectivity index (χ1) is 10.5. The van der Waals surface area contributed by atoms with Crippen molar-refractivity contribution in [1.29, 1.82) is 0 Å². The molecule has 0 unspecified atom stereocenters. The first kappa shape index (κ1) is 15.6. The normalized spacial score (nSPS) is 11.9. The molecular weight excluding hydrogens is 286 g/mol. The van der Waals surface area contributed by atoms with Crippen LogP contribution in [-0.4, -0.2) is 16.9 Å². The molecule has 1 heterocycles. The van der Waals surface area contributed by atoms with Crippen molar-refractivity contribution in [2.45, 2.75) is 25.8 Å². The van der Waals surface area contributed by atoms with E-state index in [4.69, 9.17) is 10.2 Å². The molecule has 0 aliphatic heterocycles. The molecule has 0 bridgehead atoms. The average Bonchev–Trinajstić information content (AvgIpc) is 2.98. The van der Waals surface area contributed by atoms with Crippen LogP contribution in [-0.2, 0) is 6.42 Å². The molecule has 7 nitrogen and oxygen atoms in total. The van der Waals surface area contributed by atoms with Gasteiger partial charge < -0.3 is 15.5 Å². The minimum atomic E-state index is -0.694. The zero-order valence-corrected chi connectivity index (χ0v) is 12.1. The average molecular weight is 303 g/mol. The van der Waals surface area contributed by atoms with Gasteiger partial charge in [-0.05, 0) is 37.6 Å². The van der Waals surface area contributed by atoms with Gasteiger partial charge >= 0.3 is 0 Å². The molecule has 7 heteroatoms. The third kappa shape index (κ3) is 3.85. The van der Waals surface area contributed by atoms with Crippen molar-refractivity contribution in [3.05, 3.63) is 58.0 Å². The largest absolute Gasteiger partial charge is 0.469 e. The molecule has 2 rings (SSSR count). The Labute approximate surface area is 127 Å². The van der Waals surface area contributed by atoms with E-state index in [-0.39, 0.29) is 17.3 Å². The number of nitrogens with two attached hydrogens (primary N) is 1. The van der Waals surface area contributed by atoms with Crippen LogP contribution in [0, 0.1) is 10.1 Å². The highest BCUT2D eigenvalue weighted by atomic mass is 16.6. The maximum atomic E-state index is 11.1. The standard InChI is InChI=1S/C15H17N3O4/c1-10(4-6-12-3-2-8-22-12)17-13-7-5-11(15(16)19)9-14(13)18(20)21/h2-3,5,7-10,17H,4,6H2,1H3,(H2,16,19)/t10-/m1/s1. The Morgan fingerprint density at radius 2 is 2.23 bits per heavy atom. The van der Waals surface area contributed by atoms with Crippen LogP contribution in [0.2, 0.25) is 0 Å². The summed E-state index contributed by atoms with van der Waals surface area (Å²) in [6, 6.07) is 7.86. The number of nitrogens with zero attached hydrogens (tertiary/aromatic N) is 1. The smallest absolute Gasteiger partial charge is 0.293 e. The van der Waals surface area contributed by atoms with Crippen molar-refractivity contribution in [1.82, 2.24) is 0 Å². The molecule has 3 N–H and O–H groups in total. The number of nitro groups is 1. The van der Waals surface area contributed by atoms with Crippen LogP contribution in [0.15, 0.2) is 41.0 Å². The quantitative estimate of drug-likeness (QED) is 0.603. The fourth-order valence-electron chi connectivity index (χ4n) is 2.11. The van der Waals surface area contributed by atoms with E-state index < -0.39 is 10.8 Å². The third-order valence-corrected chi connectivity index (χ3v) is 3.28. The number of rotatable bonds is 7. The van der Waals surface area contributed by atoms with Crippen molar-refractivity contribution < 1.29 is 14.1 Å². The van der Waals surface area contributed by atoms with Crippen LogP contribution < -0.4 is 11.1 Å². The molecule has 0 aliphatic rings. The minimum absolute atomic E-state index is 0.00299. The highest BCUT2D eigenvalue weighted by Crippen LogP contribution is 2.26. The van der Waals surface area contributed by atoms with Gasteiger partial charge in [0.05, 0.1) is 11.2 Å². The van der Waals surface area contributed by atoms with Gasteiger partial charge in [0.25, 0.3) is 5.69 Å². The zero-order valence-electron chi connectivity index (χ0n) is 12.1. The number of aryl methyl sites for hydroxylation is 1. The summed E-state index contributed by atoms with van der Waals surface area (Å²) in [5, 5.41) is 14.2. The van der Waals surface area contributed by atoms with Gasteiger partial charge in [-0.25, -0.2) is 0 Å². The van der Waals surface area contributed by atoms with E-state index in [2.05, 4.69) is 5.32 Å². The number of benzene rings is 1. The van der Waals surface area contributed by atoms with Crippen LogP contribution in [0.3, 0.4) is 0 Å². The fourth-order valence-corrected chi connectivity index (χ4v) is 2.11. The molecule has 0 saturated carbocycles. The lowest BCUT2D eigenvalue weighted by atomic mass is 10.1. The number of carbonyl (C=O) groups is 1. The van der Waals surface area contributed by atoms with Crippen LogP contribution in [0.25, 0.3) is 0 Å². The van der Waals surface area contributed by atoms with E-state index in [0.717, 1.165) is 18.6 Å². The molecule has 116 valence electrons. The Kier molecular flexibility index (Phi) is 4.77. The Balaban J connectivity index is 2.07. The van der Waals surface area contributed by atoms with Gasteiger partial charge in [0.1, 0.15) is 11.4 Å². The highest BCUT2D eigenvalue weighted by molar-refractivity contribution is 5.94. The molecule has 1 aromatic heterocycles. The van der Waals surface area contributed by atoms with Crippen molar-refractivity contribution >= 4 is 17.3 Å². The summed E-state index contributed by atoms with van der Waals surface area (Å²) in [5.74, 6) is 0.174. The minimum Gasteiger partial charge on any atom is -0.469 e. The predicted octanol–water partition coefficient (Wildman–Crippen LogP) is 2.72. The second kappa shape index (κ2) is 6.75. The zero-order chi connectivity index (χ0) is 16.1. The Hall–Kier alpha value is -2.83. The van der Waals surface area contributed by atoms with Gasteiger partial charge in [-0.2, -0.15) is 0 Å². The number of nitro benzene ring substituents is 1. The first-order valence-corrected chi connectivity index (χ1v) is 6.84. The number of amides is 1. The van der Waals surface area contributed by atoms with Gasteiger partial charge in [-0.15, -0.1) is 0 Å². The van der Waals surface area contributed by atoms with E-state index in [1.807, 2.05) is 19.1 Å². The van der Waals surface area contributed by atoms with Crippen molar-refractivity contribution in [2.24, 2.45) is 5.73 Å². The number of hydrogen-bond donors (Lipinski definition) is 2. The molecular formula is C15H17N3O4. The van der Waals surface area contributed by atoms with Gasteiger partial charge in [0.15, 0.2) is 0 Å².